The molecule has 0 saturated carbocycles. The van der Waals surface area contributed by atoms with Crippen molar-refractivity contribution in [3.05, 3.63) is 28.7 Å². The molecular formula is C12H18N4O3S2. The van der Waals surface area contributed by atoms with Crippen LogP contribution < -0.4 is 10.0 Å². The first kappa shape index (κ1) is 16.1. The van der Waals surface area contributed by atoms with Crippen molar-refractivity contribution in [2.75, 3.05) is 6.54 Å². The molecule has 0 amide bonds. The Balaban J connectivity index is 1.95. The number of aryl methyl sites for hydroxylation is 1. The molecule has 2 N–H and O–H groups in total. The molecule has 0 aliphatic heterocycles. The number of nitrogens with zero attached hydrogens (tertiary/aromatic N) is 2. The summed E-state index contributed by atoms with van der Waals surface area (Å²) in [6.45, 7) is 5.34. The normalized spacial score (nSPS) is 11.9. The summed E-state index contributed by atoms with van der Waals surface area (Å²) in [7, 11) is -3.55. The van der Waals surface area contributed by atoms with Crippen molar-refractivity contribution in [3.8, 4) is 0 Å². The highest BCUT2D eigenvalue weighted by Crippen LogP contribution is 2.21. The molecule has 0 fully saturated rings. The zero-order valence-electron chi connectivity index (χ0n) is 11.9. The average molecular weight is 330 g/mol. The lowest BCUT2D eigenvalue weighted by atomic mass is 10.4. The Morgan fingerprint density at radius 2 is 2.14 bits per heavy atom. The number of hydrogen-bond acceptors (Lipinski definition) is 7. The van der Waals surface area contributed by atoms with Gasteiger partial charge in [0.1, 0.15) is 4.21 Å². The van der Waals surface area contributed by atoms with Crippen LogP contribution in [0.3, 0.4) is 0 Å². The third kappa shape index (κ3) is 4.60. The molecule has 0 saturated heterocycles. The van der Waals surface area contributed by atoms with Crippen LogP contribution in [0.5, 0.6) is 0 Å². The summed E-state index contributed by atoms with van der Waals surface area (Å²) in [5.74, 6) is 0.724. The Labute approximate surface area is 127 Å². The standard InChI is InChI=1S/C12H18N4O3S2/c1-3-6-13-7-10-4-5-12(20-10)21(17,18)14-8-11-15-9(2)16-19-11/h4-5,13-14H,3,6-8H2,1-2H3. The molecule has 0 spiro atoms. The first-order valence-corrected chi connectivity index (χ1v) is 8.89. The molecule has 2 rings (SSSR count). The molecular weight excluding hydrogens is 312 g/mol. The van der Waals surface area contributed by atoms with E-state index in [0.717, 1.165) is 17.8 Å². The highest BCUT2D eigenvalue weighted by atomic mass is 32.2. The minimum Gasteiger partial charge on any atom is -0.338 e. The van der Waals surface area contributed by atoms with Crippen LogP contribution >= 0.6 is 11.3 Å². The average Bonchev–Trinajstić information content (AvgIpc) is 3.06. The van der Waals surface area contributed by atoms with Gasteiger partial charge in [-0.3, -0.25) is 0 Å². The van der Waals surface area contributed by atoms with Gasteiger partial charge in [-0.25, -0.2) is 13.1 Å². The van der Waals surface area contributed by atoms with E-state index in [0.29, 0.717) is 12.4 Å². The summed E-state index contributed by atoms with van der Waals surface area (Å²) in [5, 5.41) is 6.85. The molecule has 2 aromatic rings. The maximum atomic E-state index is 12.1. The minimum absolute atomic E-state index is 0.00943. The summed E-state index contributed by atoms with van der Waals surface area (Å²) >= 11 is 1.25. The van der Waals surface area contributed by atoms with Gasteiger partial charge in [0.2, 0.25) is 5.89 Å². The SMILES string of the molecule is CCCNCc1ccc(S(=O)(=O)NCc2nc(C)no2)s1. The second-order valence-electron chi connectivity index (χ2n) is 4.46. The summed E-state index contributed by atoms with van der Waals surface area (Å²) in [6, 6.07) is 3.42. The van der Waals surface area contributed by atoms with Crippen molar-refractivity contribution in [1.82, 2.24) is 20.2 Å². The second-order valence-corrected chi connectivity index (χ2v) is 7.62. The lowest BCUT2D eigenvalue weighted by molar-refractivity contribution is 0.372. The lowest BCUT2D eigenvalue weighted by Crippen LogP contribution is -2.22. The Morgan fingerprint density at radius 1 is 1.33 bits per heavy atom. The van der Waals surface area contributed by atoms with E-state index in [1.54, 1.807) is 13.0 Å². The zero-order valence-corrected chi connectivity index (χ0v) is 13.6. The van der Waals surface area contributed by atoms with Crippen molar-refractivity contribution in [2.45, 2.75) is 37.6 Å². The number of aromatic nitrogens is 2. The first-order chi connectivity index (χ1) is 10.0. The predicted molar refractivity (Wildman–Crippen MR) is 79.4 cm³/mol. The number of nitrogens with one attached hydrogen (secondary N) is 2. The molecule has 0 aliphatic carbocycles. The fourth-order valence-electron chi connectivity index (χ4n) is 1.63. The van der Waals surface area contributed by atoms with Crippen molar-refractivity contribution in [1.29, 1.82) is 0 Å². The molecule has 0 aromatic carbocycles. The number of sulfonamides is 1. The molecule has 0 atom stereocenters. The molecule has 2 aromatic heterocycles. The Morgan fingerprint density at radius 3 is 2.81 bits per heavy atom. The van der Waals surface area contributed by atoms with Crippen LogP contribution in [0.1, 0.15) is 29.9 Å². The third-order valence-corrected chi connectivity index (χ3v) is 5.59. The molecule has 7 nitrogen and oxygen atoms in total. The van der Waals surface area contributed by atoms with E-state index in [4.69, 9.17) is 4.52 Å². The van der Waals surface area contributed by atoms with Crippen LogP contribution in [0.15, 0.2) is 20.9 Å². The Hall–Kier alpha value is -1.29. The third-order valence-electron chi connectivity index (χ3n) is 2.61. The monoisotopic (exact) mass is 330 g/mol. The van der Waals surface area contributed by atoms with E-state index in [-0.39, 0.29) is 16.6 Å². The number of hydrogen-bond donors (Lipinski definition) is 2. The fourth-order valence-corrected chi connectivity index (χ4v) is 3.97. The van der Waals surface area contributed by atoms with Gasteiger partial charge in [-0.15, -0.1) is 11.3 Å². The van der Waals surface area contributed by atoms with E-state index in [9.17, 15) is 8.42 Å². The number of thiophene rings is 1. The van der Waals surface area contributed by atoms with Crippen LogP contribution in [0, 0.1) is 6.92 Å². The maximum Gasteiger partial charge on any atom is 0.250 e. The minimum atomic E-state index is -3.55. The largest absolute Gasteiger partial charge is 0.338 e. The molecule has 0 bridgehead atoms. The van der Waals surface area contributed by atoms with Crippen molar-refractivity contribution in [3.63, 3.8) is 0 Å². The van der Waals surface area contributed by atoms with Gasteiger partial charge in [0, 0.05) is 11.4 Å². The van der Waals surface area contributed by atoms with Gasteiger partial charge >= 0.3 is 0 Å². The van der Waals surface area contributed by atoms with E-state index in [2.05, 4.69) is 27.1 Å². The molecule has 9 heteroatoms. The topological polar surface area (TPSA) is 97.1 Å². The second kappa shape index (κ2) is 7.12. The Kier molecular flexibility index (Phi) is 5.45. The van der Waals surface area contributed by atoms with Crippen LogP contribution in [-0.2, 0) is 23.1 Å². The first-order valence-electron chi connectivity index (χ1n) is 6.59. The maximum absolute atomic E-state index is 12.1. The van der Waals surface area contributed by atoms with E-state index < -0.39 is 10.0 Å². The van der Waals surface area contributed by atoms with Crippen molar-refractivity contribution >= 4 is 21.4 Å². The van der Waals surface area contributed by atoms with Gasteiger partial charge in [0.25, 0.3) is 10.0 Å². The van der Waals surface area contributed by atoms with Crippen LogP contribution in [-0.4, -0.2) is 25.1 Å². The van der Waals surface area contributed by atoms with Crippen molar-refractivity contribution < 1.29 is 12.9 Å². The van der Waals surface area contributed by atoms with Crippen molar-refractivity contribution in [2.24, 2.45) is 0 Å². The lowest BCUT2D eigenvalue weighted by Gasteiger charge is -2.01. The quantitative estimate of drug-likeness (QED) is 0.711. The van der Waals surface area contributed by atoms with Gasteiger partial charge in [0.05, 0.1) is 6.54 Å². The molecule has 0 aliphatic rings. The molecule has 2 heterocycles. The zero-order chi connectivity index (χ0) is 15.3. The van der Waals surface area contributed by atoms with E-state index >= 15 is 0 Å². The summed E-state index contributed by atoms with van der Waals surface area (Å²) < 4.78 is 31.9. The van der Waals surface area contributed by atoms with Crippen LogP contribution in [0.25, 0.3) is 0 Å². The molecule has 0 radical (unpaired) electrons. The predicted octanol–water partition coefficient (Wildman–Crippen LogP) is 1.42. The number of rotatable bonds is 8. The fraction of sp³-hybridized carbons (Fsp3) is 0.500. The van der Waals surface area contributed by atoms with Crippen LogP contribution in [0.2, 0.25) is 0 Å². The van der Waals surface area contributed by atoms with Gasteiger partial charge in [-0.05, 0) is 32.0 Å². The van der Waals surface area contributed by atoms with E-state index in [1.807, 2.05) is 6.07 Å². The highest BCUT2D eigenvalue weighted by molar-refractivity contribution is 7.91. The smallest absolute Gasteiger partial charge is 0.250 e. The van der Waals surface area contributed by atoms with Gasteiger partial charge < -0.3 is 9.84 Å². The molecule has 116 valence electrons. The molecule has 0 unspecified atom stereocenters. The van der Waals surface area contributed by atoms with Crippen LogP contribution in [0.4, 0.5) is 0 Å². The van der Waals surface area contributed by atoms with Gasteiger partial charge in [-0.1, -0.05) is 12.1 Å². The summed E-state index contributed by atoms with van der Waals surface area (Å²) in [6.07, 6.45) is 1.04. The summed E-state index contributed by atoms with van der Waals surface area (Å²) in [5.41, 5.74) is 0. The Bertz CT molecular complexity index is 678. The highest BCUT2D eigenvalue weighted by Gasteiger charge is 2.17. The van der Waals surface area contributed by atoms with Gasteiger partial charge in [-0.2, -0.15) is 4.98 Å². The van der Waals surface area contributed by atoms with E-state index in [1.165, 1.54) is 11.3 Å². The summed E-state index contributed by atoms with van der Waals surface area (Å²) in [4.78, 5) is 4.93. The molecule has 21 heavy (non-hydrogen) atoms. The van der Waals surface area contributed by atoms with Gasteiger partial charge in [0.15, 0.2) is 5.82 Å².